The molecule has 0 saturated carbocycles. The van der Waals surface area contributed by atoms with Gasteiger partial charge in [0.15, 0.2) is 5.38 Å². The Bertz CT molecular complexity index is 172. The van der Waals surface area contributed by atoms with Crippen molar-refractivity contribution in [3.63, 3.8) is 0 Å². The van der Waals surface area contributed by atoms with Crippen LogP contribution in [-0.4, -0.2) is 28.7 Å². The Hall–Kier alpha value is 0.630. The molecule has 0 aliphatic rings. The van der Waals surface area contributed by atoms with E-state index in [2.05, 4.69) is 4.74 Å². The van der Waals surface area contributed by atoms with Gasteiger partial charge in [0, 0.05) is 5.88 Å². The summed E-state index contributed by atoms with van der Waals surface area (Å²) in [6.07, 6.45) is 0.942. The number of esters is 1. The number of rotatable bonds is 5. The van der Waals surface area contributed by atoms with Crippen LogP contribution in [0.3, 0.4) is 0 Å². The van der Waals surface area contributed by atoms with Crippen molar-refractivity contribution < 1.29 is 9.53 Å². The average Bonchev–Trinajstić information content (AvgIpc) is 2.12. The maximum Gasteiger partial charge on any atom is 0.326 e. The van der Waals surface area contributed by atoms with Crippen molar-refractivity contribution in [3.05, 3.63) is 0 Å². The van der Waals surface area contributed by atoms with Gasteiger partial charge in [0.2, 0.25) is 0 Å². The SMILES string of the molecule is COC(=O)C(Cl)C(Cl)(Cl)CCCCl. The summed E-state index contributed by atoms with van der Waals surface area (Å²) in [5.41, 5.74) is 0. The third-order valence-corrected chi connectivity index (χ3v) is 3.28. The summed E-state index contributed by atoms with van der Waals surface area (Å²) in [5.74, 6) is -0.215. The number of halogens is 4. The fourth-order valence-electron chi connectivity index (χ4n) is 0.705. The van der Waals surface area contributed by atoms with Crippen LogP contribution in [-0.2, 0) is 9.53 Å². The van der Waals surface area contributed by atoms with Crippen molar-refractivity contribution in [2.45, 2.75) is 22.6 Å². The summed E-state index contributed by atoms with van der Waals surface area (Å²) in [4.78, 5) is 11.0. The van der Waals surface area contributed by atoms with E-state index in [1.54, 1.807) is 0 Å². The predicted octanol–water partition coefficient (Wildman–Crippen LogP) is 2.96. The van der Waals surface area contributed by atoms with Crippen LogP contribution >= 0.6 is 46.4 Å². The van der Waals surface area contributed by atoms with Gasteiger partial charge in [-0.05, 0) is 12.8 Å². The molecule has 2 nitrogen and oxygen atoms in total. The van der Waals surface area contributed by atoms with Crippen LogP contribution in [0, 0.1) is 0 Å². The third-order valence-electron chi connectivity index (χ3n) is 1.42. The highest BCUT2D eigenvalue weighted by atomic mass is 35.5. The summed E-state index contributed by atoms with van der Waals surface area (Å²) in [7, 11) is 1.23. The van der Waals surface area contributed by atoms with E-state index in [4.69, 9.17) is 46.4 Å². The van der Waals surface area contributed by atoms with E-state index >= 15 is 0 Å². The molecule has 0 fully saturated rings. The molecule has 6 heteroatoms. The van der Waals surface area contributed by atoms with Gasteiger partial charge in [-0.25, -0.2) is 0 Å². The van der Waals surface area contributed by atoms with Crippen molar-refractivity contribution in [3.8, 4) is 0 Å². The molecule has 78 valence electrons. The highest BCUT2D eigenvalue weighted by Gasteiger charge is 2.38. The van der Waals surface area contributed by atoms with Crippen molar-refractivity contribution in [1.82, 2.24) is 0 Å². The Morgan fingerprint density at radius 3 is 2.46 bits per heavy atom. The zero-order chi connectivity index (χ0) is 10.5. The van der Waals surface area contributed by atoms with E-state index in [1.165, 1.54) is 7.11 Å². The lowest BCUT2D eigenvalue weighted by Crippen LogP contribution is -2.34. The lowest BCUT2D eigenvalue weighted by atomic mass is 10.2. The smallest absolute Gasteiger partial charge is 0.326 e. The van der Waals surface area contributed by atoms with Gasteiger partial charge in [-0.3, -0.25) is 4.79 Å². The van der Waals surface area contributed by atoms with E-state index in [0.717, 1.165) is 0 Å². The summed E-state index contributed by atoms with van der Waals surface area (Å²) in [6.45, 7) is 0. The minimum absolute atomic E-state index is 0.350. The van der Waals surface area contributed by atoms with E-state index < -0.39 is 15.7 Å². The maximum absolute atomic E-state index is 11.0. The number of carbonyl (C=O) groups excluding carboxylic acids is 1. The molecule has 1 atom stereocenters. The number of methoxy groups -OCH3 is 1. The largest absolute Gasteiger partial charge is 0.468 e. The van der Waals surface area contributed by atoms with Crippen molar-refractivity contribution in [2.24, 2.45) is 0 Å². The molecule has 0 aliphatic carbocycles. The first-order chi connectivity index (χ1) is 5.95. The molecule has 0 aromatic carbocycles. The summed E-state index contributed by atoms with van der Waals surface area (Å²) >= 11 is 22.8. The number of hydrogen-bond acceptors (Lipinski definition) is 2. The van der Waals surface area contributed by atoms with Gasteiger partial charge >= 0.3 is 5.97 Å². The number of carbonyl (C=O) groups is 1. The fourth-order valence-corrected chi connectivity index (χ4v) is 1.48. The first-order valence-electron chi connectivity index (χ1n) is 3.61. The topological polar surface area (TPSA) is 26.3 Å². The number of hydrogen-bond donors (Lipinski definition) is 0. The zero-order valence-electron chi connectivity index (χ0n) is 7.03. The highest BCUT2D eigenvalue weighted by molar-refractivity contribution is 6.55. The molecule has 0 N–H and O–H groups in total. The van der Waals surface area contributed by atoms with Gasteiger partial charge < -0.3 is 4.74 Å². The normalized spacial score (nSPS) is 13.9. The minimum atomic E-state index is -1.32. The van der Waals surface area contributed by atoms with Crippen LogP contribution < -0.4 is 0 Å². The van der Waals surface area contributed by atoms with E-state index in [-0.39, 0.29) is 0 Å². The first-order valence-corrected chi connectivity index (χ1v) is 5.34. The lowest BCUT2D eigenvalue weighted by molar-refractivity contribution is -0.140. The molecule has 0 aromatic rings. The summed E-state index contributed by atoms with van der Waals surface area (Å²) in [6, 6.07) is 0. The van der Waals surface area contributed by atoms with Crippen molar-refractivity contribution in [1.29, 1.82) is 0 Å². The maximum atomic E-state index is 11.0. The van der Waals surface area contributed by atoms with Crippen molar-refractivity contribution >= 4 is 52.4 Å². The average molecular weight is 268 g/mol. The number of alkyl halides is 4. The second kappa shape index (κ2) is 6.18. The molecule has 0 heterocycles. The Balaban J connectivity index is 4.17. The molecule has 1 unspecified atom stereocenters. The Kier molecular flexibility index (Phi) is 6.48. The number of ether oxygens (including phenoxy) is 1. The Morgan fingerprint density at radius 1 is 1.54 bits per heavy atom. The first kappa shape index (κ1) is 13.6. The van der Waals surface area contributed by atoms with E-state index in [0.29, 0.717) is 18.7 Å². The van der Waals surface area contributed by atoms with Gasteiger partial charge in [-0.1, -0.05) is 23.2 Å². The Labute approximate surface area is 97.4 Å². The molecule has 0 rings (SSSR count). The van der Waals surface area contributed by atoms with E-state index in [9.17, 15) is 4.79 Å². The van der Waals surface area contributed by atoms with Gasteiger partial charge in [0.25, 0.3) is 0 Å². The van der Waals surface area contributed by atoms with Gasteiger partial charge in [-0.15, -0.1) is 23.2 Å². The molecule has 0 bridgehead atoms. The van der Waals surface area contributed by atoms with Crippen LogP contribution in [0.15, 0.2) is 0 Å². The van der Waals surface area contributed by atoms with Gasteiger partial charge in [-0.2, -0.15) is 0 Å². The second-order valence-corrected chi connectivity index (χ2v) is 4.80. The van der Waals surface area contributed by atoms with Crippen LogP contribution in [0.4, 0.5) is 0 Å². The molecule has 0 spiro atoms. The molecule has 0 saturated heterocycles. The quantitative estimate of drug-likeness (QED) is 0.566. The second-order valence-electron chi connectivity index (χ2n) is 2.44. The Morgan fingerprint density at radius 2 is 2.08 bits per heavy atom. The van der Waals surface area contributed by atoms with Crippen LogP contribution in [0.2, 0.25) is 0 Å². The van der Waals surface area contributed by atoms with Gasteiger partial charge in [0.05, 0.1) is 7.11 Å². The third kappa shape index (κ3) is 4.59. The molecular formula is C7H10Cl4O2. The predicted molar refractivity (Wildman–Crippen MR) is 56.0 cm³/mol. The van der Waals surface area contributed by atoms with E-state index in [1.807, 2.05) is 0 Å². The summed E-state index contributed by atoms with van der Waals surface area (Å²) in [5, 5.41) is -1.07. The molecular weight excluding hydrogens is 258 g/mol. The fraction of sp³-hybridized carbons (Fsp3) is 0.857. The van der Waals surface area contributed by atoms with Crippen LogP contribution in [0.5, 0.6) is 0 Å². The molecule has 13 heavy (non-hydrogen) atoms. The van der Waals surface area contributed by atoms with Crippen molar-refractivity contribution in [2.75, 3.05) is 13.0 Å². The molecule has 0 aliphatic heterocycles. The van der Waals surface area contributed by atoms with Crippen LogP contribution in [0.1, 0.15) is 12.8 Å². The summed E-state index contributed by atoms with van der Waals surface area (Å²) < 4.78 is 3.09. The standard InChI is InChI=1S/C7H10Cl4O2/c1-13-6(12)5(9)7(10,11)3-2-4-8/h5H,2-4H2,1H3. The zero-order valence-corrected chi connectivity index (χ0v) is 10.1. The van der Waals surface area contributed by atoms with Gasteiger partial charge in [0.1, 0.15) is 4.33 Å². The minimum Gasteiger partial charge on any atom is -0.468 e. The molecule has 0 amide bonds. The van der Waals surface area contributed by atoms with Crippen LogP contribution in [0.25, 0.3) is 0 Å². The lowest BCUT2D eigenvalue weighted by Gasteiger charge is -2.22. The molecule has 0 radical (unpaired) electrons. The molecule has 0 aromatic heterocycles. The monoisotopic (exact) mass is 266 g/mol. The highest BCUT2D eigenvalue weighted by Crippen LogP contribution is 2.34.